The van der Waals surface area contributed by atoms with Crippen LogP contribution in [0.5, 0.6) is 0 Å². The molecule has 1 aliphatic carbocycles. The Morgan fingerprint density at radius 3 is 2.71 bits per heavy atom. The normalized spacial score (nSPS) is 31.1. The Bertz CT molecular complexity index is 230. The number of nitrogens with one attached hydrogen (secondary N) is 1. The molecule has 0 aromatic rings. The van der Waals surface area contributed by atoms with Gasteiger partial charge in [0.05, 0.1) is 18.2 Å². The Balaban J connectivity index is 1.87. The van der Waals surface area contributed by atoms with E-state index in [0.717, 1.165) is 25.9 Å². The van der Waals surface area contributed by atoms with Crippen molar-refractivity contribution in [3.63, 3.8) is 0 Å². The van der Waals surface area contributed by atoms with Crippen LogP contribution in [0.15, 0.2) is 0 Å². The molecule has 80 valence electrons. The van der Waals surface area contributed by atoms with Crippen molar-refractivity contribution in [1.29, 1.82) is 0 Å². The Morgan fingerprint density at radius 2 is 2.21 bits per heavy atom. The molecular weight excluding hydrogens is 180 g/mol. The number of hydrogen-bond acceptors (Lipinski definition) is 3. The summed E-state index contributed by atoms with van der Waals surface area (Å²) >= 11 is 0. The molecule has 2 atom stereocenters. The molecule has 2 rings (SSSR count). The second kappa shape index (κ2) is 3.51. The molecule has 2 aliphatic rings. The fourth-order valence-electron chi connectivity index (χ4n) is 1.86. The molecule has 1 aliphatic heterocycles. The summed E-state index contributed by atoms with van der Waals surface area (Å²) in [5.41, 5.74) is 5.31. The molecule has 2 unspecified atom stereocenters. The molecule has 0 aromatic carbocycles. The lowest BCUT2D eigenvalue weighted by Crippen LogP contribution is -2.55. The third-order valence-electron chi connectivity index (χ3n) is 3.18. The van der Waals surface area contributed by atoms with E-state index in [1.54, 1.807) is 0 Å². The van der Waals surface area contributed by atoms with Crippen LogP contribution in [-0.2, 0) is 9.53 Å². The van der Waals surface area contributed by atoms with E-state index < -0.39 is 5.54 Å². The van der Waals surface area contributed by atoms with Gasteiger partial charge in [0.15, 0.2) is 0 Å². The van der Waals surface area contributed by atoms with Gasteiger partial charge in [0.1, 0.15) is 0 Å². The number of hydrogen-bond donors (Lipinski definition) is 2. The highest BCUT2D eigenvalue weighted by molar-refractivity contribution is 5.86. The number of carbonyl (C=O) groups excluding carboxylic acids is 1. The Morgan fingerprint density at radius 1 is 1.50 bits per heavy atom. The van der Waals surface area contributed by atoms with E-state index >= 15 is 0 Å². The summed E-state index contributed by atoms with van der Waals surface area (Å²) in [4.78, 5) is 11.8. The smallest absolute Gasteiger partial charge is 0.240 e. The summed E-state index contributed by atoms with van der Waals surface area (Å²) in [5.74, 6) is 0.361. The van der Waals surface area contributed by atoms with Crippen molar-refractivity contribution in [2.75, 3.05) is 13.2 Å². The molecule has 4 heteroatoms. The molecule has 4 nitrogen and oxygen atoms in total. The van der Waals surface area contributed by atoms with Crippen molar-refractivity contribution < 1.29 is 9.53 Å². The summed E-state index contributed by atoms with van der Waals surface area (Å²) in [6.45, 7) is 3.21. The second-order valence-electron chi connectivity index (χ2n) is 4.59. The van der Waals surface area contributed by atoms with Crippen LogP contribution >= 0.6 is 0 Å². The molecule has 0 spiro atoms. The quantitative estimate of drug-likeness (QED) is 0.672. The third kappa shape index (κ3) is 1.91. The van der Waals surface area contributed by atoms with Crippen LogP contribution in [0.4, 0.5) is 0 Å². The first kappa shape index (κ1) is 9.93. The summed E-state index contributed by atoms with van der Waals surface area (Å²) in [6.07, 6.45) is 3.08. The van der Waals surface area contributed by atoms with E-state index in [-0.39, 0.29) is 11.9 Å². The van der Waals surface area contributed by atoms with Gasteiger partial charge in [0.2, 0.25) is 5.91 Å². The summed E-state index contributed by atoms with van der Waals surface area (Å²) in [6, 6.07) is 0.170. The first-order valence-electron chi connectivity index (χ1n) is 5.28. The second-order valence-corrected chi connectivity index (χ2v) is 4.59. The van der Waals surface area contributed by atoms with Gasteiger partial charge in [0, 0.05) is 6.61 Å². The maximum atomic E-state index is 11.8. The lowest BCUT2D eigenvalue weighted by Gasteiger charge is -2.25. The highest BCUT2D eigenvalue weighted by Gasteiger charge is 2.44. The molecule has 0 radical (unpaired) electrons. The summed E-state index contributed by atoms with van der Waals surface area (Å²) < 4.78 is 5.19. The van der Waals surface area contributed by atoms with Crippen molar-refractivity contribution >= 4 is 5.91 Å². The summed E-state index contributed by atoms with van der Waals surface area (Å²) in [5, 5.41) is 2.95. The van der Waals surface area contributed by atoms with Crippen molar-refractivity contribution in [2.45, 2.75) is 37.8 Å². The van der Waals surface area contributed by atoms with Gasteiger partial charge in [-0.05, 0) is 32.1 Å². The Hall–Kier alpha value is -0.610. The van der Waals surface area contributed by atoms with Crippen molar-refractivity contribution in [1.82, 2.24) is 5.32 Å². The standard InChI is InChI=1S/C10H18N2O2/c1-10(11,7-2-3-7)9(13)12-8-4-5-14-6-8/h7-8H,2-6,11H2,1H3,(H,12,13). The molecule has 14 heavy (non-hydrogen) atoms. The molecular formula is C10H18N2O2. The number of carbonyl (C=O) groups is 1. The number of rotatable bonds is 3. The monoisotopic (exact) mass is 198 g/mol. The third-order valence-corrected chi connectivity index (χ3v) is 3.18. The van der Waals surface area contributed by atoms with Crippen LogP contribution < -0.4 is 11.1 Å². The average molecular weight is 198 g/mol. The van der Waals surface area contributed by atoms with E-state index in [9.17, 15) is 4.79 Å². The van der Waals surface area contributed by atoms with E-state index in [2.05, 4.69) is 5.32 Å². The van der Waals surface area contributed by atoms with Crippen LogP contribution in [0.1, 0.15) is 26.2 Å². The predicted octanol–water partition coefficient (Wildman–Crippen LogP) is 0.0189. The zero-order valence-electron chi connectivity index (χ0n) is 8.58. The van der Waals surface area contributed by atoms with Crippen LogP contribution in [-0.4, -0.2) is 30.7 Å². The topological polar surface area (TPSA) is 64.4 Å². The molecule has 0 aromatic heterocycles. The summed E-state index contributed by atoms with van der Waals surface area (Å²) in [7, 11) is 0. The number of ether oxygens (including phenoxy) is 1. The van der Waals surface area contributed by atoms with Gasteiger partial charge in [-0.15, -0.1) is 0 Å². The predicted molar refractivity (Wildman–Crippen MR) is 52.7 cm³/mol. The minimum absolute atomic E-state index is 0.0181. The van der Waals surface area contributed by atoms with Crippen molar-refractivity contribution in [3.05, 3.63) is 0 Å². The SMILES string of the molecule is CC(N)(C(=O)NC1CCOC1)C1CC1. The molecule has 2 fully saturated rings. The minimum Gasteiger partial charge on any atom is -0.379 e. The fourth-order valence-corrected chi connectivity index (χ4v) is 1.86. The highest BCUT2D eigenvalue weighted by Crippen LogP contribution is 2.38. The maximum Gasteiger partial charge on any atom is 0.240 e. The zero-order chi connectivity index (χ0) is 10.2. The highest BCUT2D eigenvalue weighted by atomic mass is 16.5. The fraction of sp³-hybridized carbons (Fsp3) is 0.900. The van der Waals surface area contributed by atoms with Gasteiger partial charge in [0.25, 0.3) is 0 Å². The van der Waals surface area contributed by atoms with Gasteiger partial charge in [-0.2, -0.15) is 0 Å². The number of nitrogens with two attached hydrogens (primary N) is 1. The minimum atomic E-state index is -0.678. The lowest BCUT2D eigenvalue weighted by atomic mass is 9.96. The molecule has 1 amide bonds. The van der Waals surface area contributed by atoms with E-state index in [1.807, 2.05) is 6.92 Å². The first-order chi connectivity index (χ1) is 6.60. The van der Waals surface area contributed by atoms with Crippen LogP contribution in [0.25, 0.3) is 0 Å². The lowest BCUT2D eigenvalue weighted by molar-refractivity contribution is -0.127. The van der Waals surface area contributed by atoms with Gasteiger partial charge in [-0.3, -0.25) is 4.79 Å². The zero-order valence-corrected chi connectivity index (χ0v) is 8.58. The van der Waals surface area contributed by atoms with Crippen LogP contribution in [0.2, 0.25) is 0 Å². The van der Waals surface area contributed by atoms with Gasteiger partial charge in [-0.1, -0.05) is 0 Å². The largest absolute Gasteiger partial charge is 0.379 e. The molecule has 0 bridgehead atoms. The molecule has 3 N–H and O–H groups in total. The van der Waals surface area contributed by atoms with Crippen LogP contribution in [0.3, 0.4) is 0 Å². The maximum absolute atomic E-state index is 11.8. The van der Waals surface area contributed by atoms with Crippen LogP contribution in [0, 0.1) is 5.92 Å². The van der Waals surface area contributed by atoms with Gasteiger partial charge >= 0.3 is 0 Å². The van der Waals surface area contributed by atoms with E-state index in [0.29, 0.717) is 12.5 Å². The van der Waals surface area contributed by atoms with Crippen molar-refractivity contribution in [3.8, 4) is 0 Å². The Kier molecular flexibility index (Phi) is 2.49. The Labute approximate surface area is 84.2 Å². The number of amides is 1. The molecule has 1 saturated heterocycles. The molecule has 1 heterocycles. The average Bonchev–Trinajstić information content (AvgIpc) is 2.88. The van der Waals surface area contributed by atoms with Gasteiger partial charge in [-0.25, -0.2) is 0 Å². The van der Waals surface area contributed by atoms with E-state index in [1.165, 1.54) is 0 Å². The van der Waals surface area contributed by atoms with Crippen molar-refractivity contribution in [2.24, 2.45) is 11.7 Å². The first-order valence-corrected chi connectivity index (χ1v) is 5.28. The molecule has 1 saturated carbocycles. The van der Waals surface area contributed by atoms with Gasteiger partial charge < -0.3 is 15.8 Å². The van der Waals surface area contributed by atoms with E-state index in [4.69, 9.17) is 10.5 Å².